The smallest absolute Gasteiger partial charge is 0.325 e. The molecule has 1 aliphatic carbocycles. The first kappa shape index (κ1) is 19.1. The van der Waals surface area contributed by atoms with Gasteiger partial charge in [-0.25, -0.2) is 9.18 Å². The molecule has 4 rings (SSSR count). The van der Waals surface area contributed by atoms with Gasteiger partial charge in [-0.3, -0.25) is 18.7 Å². The topological polar surface area (TPSA) is 73.1 Å². The third-order valence-electron chi connectivity index (χ3n) is 5.45. The van der Waals surface area contributed by atoms with Crippen molar-refractivity contribution in [1.82, 2.24) is 9.13 Å². The van der Waals surface area contributed by atoms with E-state index in [9.17, 15) is 18.8 Å². The summed E-state index contributed by atoms with van der Waals surface area (Å²) in [5.41, 5.74) is 0.112. The molecule has 0 unspecified atom stereocenters. The number of nitrogens with one attached hydrogen (secondary N) is 1. The Balaban J connectivity index is 1.74. The van der Waals surface area contributed by atoms with E-state index in [2.05, 4.69) is 5.32 Å². The van der Waals surface area contributed by atoms with Gasteiger partial charge in [-0.1, -0.05) is 31.4 Å². The van der Waals surface area contributed by atoms with Gasteiger partial charge in [0.2, 0.25) is 5.91 Å². The Hall–Kier alpha value is -3.22. The van der Waals surface area contributed by atoms with E-state index in [-0.39, 0.29) is 18.1 Å². The standard InChI is InChI=1S/C22H22FN3O3/c23-15-10-12-16(13-11-15)24-20(27)14-25-19-9-5-4-8-18(19)21(28)26(22(25)29)17-6-2-1-3-7-17/h4-5,8-13,17H,1-3,6-7,14H2,(H,24,27). The van der Waals surface area contributed by atoms with Crippen LogP contribution in [-0.2, 0) is 11.3 Å². The predicted molar refractivity (Wildman–Crippen MR) is 110 cm³/mol. The minimum absolute atomic E-state index is 0.139. The molecule has 0 bridgehead atoms. The fourth-order valence-corrected chi connectivity index (χ4v) is 4.03. The molecule has 0 spiro atoms. The summed E-state index contributed by atoms with van der Waals surface area (Å²) in [7, 11) is 0. The number of anilines is 1. The highest BCUT2D eigenvalue weighted by atomic mass is 19.1. The quantitative estimate of drug-likeness (QED) is 0.735. The van der Waals surface area contributed by atoms with Crippen molar-refractivity contribution in [2.45, 2.75) is 44.7 Å². The highest BCUT2D eigenvalue weighted by Crippen LogP contribution is 2.26. The number of para-hydroxylation sites is 1. The number of fused-ring (bicyclic) bond motifs is 1. The lowest BCUT2D eigenvalue weighted by molar-refractivity contribution is -0.116. The number of nitrogens with zero attached hydrogens (tertiary/aromatic N) is 2. The van der Waals surface area contributed by atoms with Gasteiger partial charge >= 0.3 is 5.69 Å². The van der Waals surface area contributed by atoms with Crippen LogP contribution in [0.1, 0.15) is 38.1 Å². The Morgan fingerprint density at radius 1 is 1.00 bits per heavy atom. The second-order valence-corrected chi connectivity index (χ2v) is 7.41. The van der Waals surface area contributed by atoms with Crippen molar-refractivity contribution in [3.05, 3.63) is 75.2 Å². The van der Waals surface area contributed by atoms with E-state index >= 15 is 0 Å². The second-order valence-electron chi connectivity index (χ2n) is 7.41. The first-order valence-electron chi connectivity index (χ1n) is 9.84. The van der Waals surface area contributed by atoms with Crippen LogP contribution in [0, 0.1) is 5.82 Å². The van der Waals surface area contributed by atoms with E-state index in [0.717, 1.165) is 32.1 Å². The van der Waals surface area contributed by atoms with Crippen LogP contribution in [0.15, 0.2) is 58.1 Å². The number of carbonyl (C=O) groups excluding carboxylic acids is 1. The number of hydrogen-bond acceptors (Lipinski definition) is 3. The van der Waals surface area contributed by atoms with Crippen LogP contribution in [-0.4, -0.2) is 15.0 Å². The highest BCUT2D eigenvalue weighted by Gasteiger charge is 2.22. The molecule has 0 saturated heterocycles. The number of benzene rings is 2. The summed E-state index contributed by atoms with van der Waals surface area (Å²) in [5, 5.41) is 3.09. The molecule has 0 aliphatic heterocycles. The Morgan fingerprint density at radius 3 is 2.41 bits per heavy atom. The first-order valence-corrected chi connectivity index (χ1v) is 9.84. The van der Waals surface area contributed by atoms with Crippen molar-refractivity contribution < 1.29 is 9.18 Å². The zero-order chi connectivity index (χ0) is 20.4. The molecule has 1 aliphatic rings. The summed E-state index contributed by atoms with van der Waals surface area (Å²) < 4.78 is 15.7. The first-order chi connectivity index (χ1) is 14.0. The molecule has 6 nitrogen and oxygen atoms in total. The summed E-state index contributed by atoms with van der Waals surface area (Å²) in [4.78, 5) is 38.8. The van der Waals surface area contributed by atoms with Gasteiger partial charge in [-0.05, 0) is 49.2 Å². The number of halogens is 1. The lowest BCUT2D eigenvalue weighted by Gasteiger charge is -2.24. The molecule has 0 radical (unpaired) electrons. The van der Waals surface area contributed by atoms with Gasteiger partial charge in [-0.2, -0.15) is 0 Å². The van der Waals surface area contributed by atoms with Gasteiger partial charge in [0.25, 0.3) is 5.56 Å². The third kappa shape index (κ3) is 3.85. The zero-order valence-corrected chi connectivity index (χ0v) is 15.9. The molecule has 1 saturated carbocycles. The molecule has 3 aromatic rings. The van der Waals surface area contributed by atoms with Crippen molar-refractivity contribution in [2.24, 2.45) is 0 Å². The second kappa shape index (κ2) is 8.03. The summed E-state index contributed by atoms with van der Waals surface area (Å²) >= 11 is 0. The van der Waals surface area contributed by atoms with E-state index in [4.69, 9.17) is 0 Å². The van der Waals surface area contributed by atoms with E-state index in [1.54, 1.807) is 24.3 Å². The monoisotopic (exact) mass is 395 g/mol. The van der Waals surface area contributed by atoms with Crippen LogP contribution in [0.2, 0.25) is 0 Å². The molecular weight excluding hydrogens is 373 g/mol. The number of hydrogen-bond donors (Lipinski definition) is 1. The molecule has 1 heterocycles. The fourth-order valence-electron chi connectivity index (χ4n) is 4.03. The Morgan fingerprint density at radius 2 is 1.69 bits per heavy atom. The van der Waals surface area contributed by atoms with Crippen molar-refractivity contribution in [3.8, 4) is 0 Å². The van der Waals surface area contributed by atoms with Crippen molar-refractivity contribution in [3.63, 3.8) is 0 Å². The van der Waals surface area contributed by atoms with Crippen LogP contribution >= 0.6 is 0 Å². The van der Waals surface area contributed by atoms with E-state index in [0.29, 0.717) is 16.6 Å². The molecule has 0 atom stereocenters. The van der Waals surface area contributed by atoms with Gasteiger partial charge in [0.15, 0.2) is 0 Å². The molecule has 1 N–H and O–H groups in total. The van der Waals surface area contributed by atoms with E-state index in [1.807, 2.05) is 0 Å². The molecule has 29 heavy (non-hydrogen) atoms. The van der Waals surface area contributed by atoms with Crippen molar-refractivity contribution in [1.29, 1.82) is 0 Å². The number of carbonyl (C=O) groups is 1. The summed E-state index contributed by atoms with van der Waals surface area (Å²) in [6.45, 7) is -0.232. The van der Waals surface area contributed by atoms with Gasteiger partial charge in [0.1, 0.15) is 12.4 Å². The number of aromatic nitrogens is 2. The molecule has 2 aromatic carbocycles. The van der Waals surface area contributed by atoms with Crippen LogP contribution in [0.5, 0.6) is 0 Å². The van der Waals surface area contributed by atoms with Gasteiger partial charge in [-0.15, -0.1) is 0 Å². The summed E-state index contributed by atoms with van der Waals surface area (Å²) in [5.74, 6) is -0.817. The minimum atomic E-state index is -0.463. The van der Waals surface area contributed by atoms with Gasteiger partial charge in [0.05, 0.1) is 10.9 Å². The highest BCUT2D eigenvalue weighted by molar-refractivity contribution is 5.91. The molecule has 7 heteroatoms. The van der Waals surface area contributed by atoms with Gasteiger partial charge in [0, 0.05) is 11.7 Å². The predicted octanol–water partition coefficient (Wildman–Crippen LogP) is 3.45. The largest absolute Gasteiger partial charge is 0.332 e. The Labute approximate surface area is 166 Å². The van der Waals surface area contributed by atoms with Crippen LogP contribution in [0.3, 0.4) is 0 Å². The maximum Gasteiger partial charge on any atom is 0.332 e. The molecule has 1 aromatic heterocycles. The van der Waals surface area contributed by atoms with Crippen molar-refractivity contribution >= 4 is 22.5 Å². The fraction of sp³-hybridized carbons (Fsp3) is 0.318. The van der Waals surface area contributed by atoms with E-state index < -0.39 is 17.4 Å². The normalized spacial score (nSPS) is 14.8. The minimum Gasteiger partial charge on any atom is -0.325 e. The summed E-state index contributed by atoms with van der Waals surface area (Å²) in [6.07, 6.45) is 4.64. The number of rotatable bonds is 4. The Kier molecular flexibility index (Phi) is 5.29. The number of amides is 1. The Bertz CT molecular complexity index is 1160. The van der Waals surface area contributed by atoms with Crippen molar-refractivity contribution in [2.75, 3.05) is 5.32 Å². The lowest BCUT2D eigenvalue weighted by atomic mass is 9.95. The average Bonchev–Trinajstić information content (AvgIpc) is 2.74. The lowest BCUT2D eigenvalue weighted by Crippen LogP contribution is -2.44. The van der Waals surface area contributed by atoms with Crippen LogP contribution < -0.4 is 16.6 Å². The third-order valence-corrected chi connectivity index (χ3v) is 5.45. The SMILES string of the molecule is O=C(Cn1c(=O)n(C2CCCCC2)c(=O)c2ccccc21)Nc1ccc(F)cc1. The molecule has 1 fully saturated rings. The average molecular weight is 395 g/mol. The molecular formula is C22H22FN3O3. The maximum absolute atomic E-state index is 13.2. The summed E-state index contributed by atoms with van der Waals surface area (Å²) in [6, 6.07) is 12.1. The maximum atomic E-state index is 13.2. The van der Waals surface area contributed by atoms with Crippen LogP contribution in [0.4, 0.5) is 10.1 Å². The molecule has 1 amide bonds. The van der Waals surface area contributed by atoms with Crippen LogP contribution in [0.25, 0.3) is 10.9 Å². The molecule has 150 valence electrons. The van der Waals surface area contributed by atoms with E-state index in [1.165, 1.54) is 33.4 Å². The van der Waals surface area contributed by atoms with Gasteiger partial charge < -0.3 is 5.32 Å². The zero-order valence-electron chi connectivity index (χ0n) is 15.9.